The fourth-order valence-electron chi connectivity index (χ4n) is 1.17. The molecule has 84 valence electrons. The topological polar surface area (TPSA) is 38.9 Å². The van der Waals surface area contributed by atoms with Gasteiger partial charge in [0.1, 0.15) is 0 Å². The van der Waals surface area contributed by atoms with Gasteiger partial charge in [-0.15, -0.1) is 11.6 Å². The van der Waals surface area contributed by atoms with Crippen molar-refractivity contribution in [1.82, 2.24) is 10.1 Å². The Labute approximate surface area is 95.0 Å². The first-order valence-electron chi connectivity index (χ1n) is 4.51. The Morgan fingerprint density at radius 1 is 1.38 bits per heavy atom. The van der Waals surface area contributed by atoms with E-state index < -0.39 is 17.0 Å². The maximum absolute atomic E-state index is 13.4. The number of aromatic nitrogens is 2. The Hall–Kier alpha value is -1.49. The summed E-state index contributed by atoms with van der Waals surface area (Å²) in [5.74, 6) is -1.82. The van der Waals surface area contributed by atoms with E-state index in [1.54, 1.807) is 6.92 Å². The van der Waals surface area contributed by atoms with Crippen LogP contribution in [0.5, 0.6) is 0 Å². The van der Waals surface area contributed by atoms with Gasteiger partial charge in [-0.05, 0) is 19.1 Å². The van der Waals surface area contributed by atoms with Gasteiger partial charge < -0.3 is 4.52 Å². The highest BCUT2D eigenvalue weighted by atomic mass is 35.5. The van der Waals surface area contributed by atoms with Crippen molar-refractivity contribution >= 4 is 11.6 Å². The molecule has 0 bridgehead atoms. The molecular formula is C10H7ClF2N2O. The number of hydrogen-bond acceptors (Lipinski definition) is 3. The number of rotatable bonds is 2. The van der Waals surface area contributed by atoms with Gasteiger partial charge in [-0.2, -0.15) is 4.98 Å². The number of alkyl halides is 1. The maximum atomic E-state index is 13.4. The molecule has 0 fully saturated rings. The Kier molecular flexibility index (Phi) is 2.87. The fourth-order valence-corrected chi connectivity index (χ4v) is 1.26. The van der Waals surface area contributed by atoms with E-state index >= 15 is 0 Å². The lowest BCUT2D eigenvalue weighted by Gasteiger charge is -1.97. The van der Waals surface area contributed by atoms with Crippen molar-refractivity contribution in [2.45, 2.75) is 12.3 Å². The molecule has 1 unspecified atom stereocenters. The van der Waals surface area contributed by atoms with Crippen molar-refractivity contribution in [2.75, 3.05) is 0 Å². The molecule has 1 atom stereocenters. The summed E-state index contributed by atoms with van der Waals surface area (Å²) in [7, 11) is 0. The molecule has 6 heteroatoms. The van der Waals surface area contributed by atoms with Crippen LogP contribution in [0.3, 0.4) is 0 Å². The molecule has 2 aromatic rings. The molecule has 0 saturated heterocycles. The molecule has 0 aliphatic rings. The van der Waals surface area contributed by atoms with Crippen LogP contribution in [0.1, 0.15) is 18.1 Å². The highest BCUT2D eigenvalue weighted by molar-refractivity contribution is 6.20. The van der Waals surface area contributed by atoms with Crippen LogP contribution in [0, 0.1) is 11.6 Å². The van der Waals surface area contributed by atoms with Gasteiger partial charge in [0.2, 0.25) is 0 Å². The molecule has 0 aliphatic carbocycles. The fraction of sp³-hybridized carbons (Fsp3) is 0.200. The van der Waals surface area contributed by atoms with Crippen molar-refractivity contribution in [1.29, 1.82) is 0 Å². The van der Waals surface area contributed by atoms with Gasteiger partial charge >= 0.3 is 0 Å². The van der Waals surface area contributed by atoms with Crippen LogP contribution >= 0.6 is 11.6 Å². The van der Waals surface area contributed by atoms with E-state index in [0.29, 0.717) is 0 Å². The Balaban J connectivity index is 2.47. The van der Waals surface area contributed by atoms with E-state index in [2.05, 4.69) is 10.1 Å². The average molecular weight is 245 g/mol. The summed E-state index contributed by atoms with van der Waals surface area (Å²) < 4.78 is 31.1. The lowest BCUT2D eigenvalue weighted by molar-refractivity contribution is 0.418. The predicted octanol–water partition coefficient (Wildman–Crippen LogP) is 3.31. The van der Waals surface area contributed by atoms with Gasteiger partial charge in [0.05, 0.1) is 10.9 Å². The van der Waals surface area contributed by atoms with Crippen LogP contribution in [0.2, 0.25) is 0 Å². The summed E-state index contributed by atoms with van der Waals surface area (Å²) in [6.07, 6.45) is 0. The zero-order valence-electron chi connectivity index (χ0n) is 8.25. The monoisotopic (exact) mass is 244 g/mol. The Bertz CT molecular complexity index is 513. The van der Waals surface area contributed by atoms with Gasteiger partial charge in [0.15, 0.2) is 17.5 Å². The number of nitrogens with zero attached hydrogens (tertiary/aromatic N) is 2. The summed E-state index contributed by atoms with van der Waals surface area (Å²) in [6, 6.07) is 3.73. The molecule has 1 aromatic heterocycles. The number of hydrogen-bond donors (Lipinski definition) is 0. The van der Waals surface area contributed by atoms with E-state index in [-0.39, 0.29) is 17.3 Å². The van der Waals surface area contributed by atoms with Crippen LogP contribution in [-0.4, -0.2) is 10.1 Å². The SMILES string of the molecule is CC(Cl)c1noc(-c2cccc(F)c2F)n1. The highest BCUT2D eigenvalue weighted by Gasteiger charge is 2.17. The standard InChI is InChI=1S/C10H7ClF2N2O/c1-5(11)9-14-10(16-15-9)6-3-2-4-7(12)8(6)13/h2-5H,1H3. The summed E-state index contributed by atoms with van der Waals surface area (Å²) in [4.78, 5) is 3.87. The molecule has 3 nitrogen and oxygen atoms in total. The minimum absolute atomic E-state index is 0.0731. The highest BCUT2D eigenvalue weighted by Crippen LogP contribution is 2.25. The van der Waals surface area contributed by atoms with Crippen LogP contribution < -0.4 is 0 Å². The molecule has 0 saturated carbocycles. The van der Waals surface area contributed by atoms with Crippen LogP contribution in [0.25, 0.3) is 11.5 Å². The van der Waals surface area contributed by atoms with E-state index in [4.69, 9.17) is 16.1 Å². The number of halogens is 3. The summed E-state index contributed by atoms with van der Waals surface area (Å²) in [5.41, 5.74) is -0.0731. The van der Waals surface area contributed by atoms with Crippen LogP contribution in [0.15, 0.2) is 22.7 Å². The van der Waals surface area contributed by atoms with E-state index in [0.717, 1.165) is 6.07 Å². The second-order valence-corrected chi connectivity index (χ2v) is 3.83. The van der Waals surface area contributed by atoms with E-state index in [1.807, 2.05) is 0 Å². The first-order valence-corrected chi connectivity index (χ1v) is 4.95. The predicted molar refractivity (Wildman–Crippen MR) is 53.9 cm³/mol. The molecule has 2 rings (SSSR count). The second-order valence-electron chi connectivity index (χ2n) is 3.18. The summed E-state index contributed by atoms with van der Waals surface area (Å²) >= 11 is 5.72. The molecule has 0 aliphatic heterocycles. The molecule has 0 radical (unpaired) electrons. The van der Waals surface area contributed by atoms with Gasteiger partial charge in [-0.1, -0.05) is 11.2 Å². The quantitative estimate of drug-likeness (QED) is 0.761. The first-order chi connectivity index (χ1) is 7.59. The second kappa shape index (κ2) is 4.17. The normalized spacial score (nSPS) is 12.8. The largest absolute Gasteiger partial charge is 0.334 e. The van der Waals surface area contributed by atoms with E-state index in [1.165, 1.54) is 12.1 Å². The van der Waals surface area contributed by atoms with Crippen LogP contribution in [-0.2, 0) is 0 Å². The summed E-state index contributed by atoms with van der Waals surface area (Å²) in [6.45, 7) is 1.65. The molecule has 0 spiro atoms. The lowest BCUT2D eigenvalue weighted by Crippen LogP contribution is -1.90. The minimum atomic E-state index is -1.01. The van der Waals surface area contributed by atoms with Gasteiger partial charge in [-0.3, -0.25) is 0 Å². The Morgan fingerprint density at radius 2 is 2.12 bits per heavy atom. The molecule has 16 heavy (non-hydrogen) atoms. The van der Waals surface area contributed by atoms with Crippen molar-refractivity contribution < 1.29 is 13.3 Å². The average Bonchev–Trinajstić information content (AvgIpc) is 2.71. The van der Waals surface area contributed by atoms with Crippen LogP contribution in [0.4, 0.5) is 8.78 Å². The van der Waals surface area contributed by atoms with Gasteiger partial charge in [-0.25, -0.2) is 8.78 Å². The number of benzene rings is 1. The minimum Gasteiger partial charge on any atom is -0.334 e. The smallest absolute Gasteiger partial charge is 0.261 e. The molecule has 1 aromatic carbocycles. The molecule has 0 N–H and O–H groups in total. The third-order valence-electron chi connectivity index (χ3n) is 1.98. The van der Waals surface area contributed by atoms with Gasteiger partial charge in [0, 0.05) is 0 Å². The first kappa shape index (κ1) is 11.0. The van der Waals surface area contributed by atoms with E-state index in [9.17, 15) is 8.78 Å². The lowest BCUT2D eigenvalue weighted by atomic mass is 10.2. The molecule has 1 heterocycles. The van der Waals surface area contributed by atoms with Crippen molar-refractivity contribution in [3.63, 3.8) is 0 Å². The zero-order valence-corrected chi connectivity index (χ0v) is 9.00. The van der Waals surface area contributed by atoms with Crippen molar-refractivity contribution in [3.05, 3.63) is 35.7 Å². The third-order valence-corrected chi connectivity index (χ3v) is 2.17. The van der Waals surface area contributed by atoms with Crippen molar-refractivity contribution in [3.8, 4) is 11.5 Å². The maximum Gasteiger partial charge on any atom is 0.261 e. The third kappa shape index (κ3) is 1.90. The van der Waals surface area contributed by atoms with Crippen molar-refractivity contribution in [2.24, 2.45) is 0 Å². The molecule has 0 amide bonds. The zero-order chi connectivity index (χ0) is 11.7. The summed E-state index contributed by atoms with van der Waals surface area (Å²) in [5, 5.41) is 3.11. The van der Waals surface area contributed by atoms with Gasteiger partial charge in [0.25, 0.3) is 5.89 Å². The Morgan fingerprint density at radius 3 is 2.75 bits per heavy atom. The molecular weight excluding hydrogens is 238 g/mol.